The van der Waals surface area contributed by atoms with Crippen molar-refractivity contribution in [2.75, 3.05) is 0 Å². The molecule has 10 heavy (non-hydrogen) atoms. The summed E-state index contributed by atoms with van der Waals surface area (Å²) in [6.45, 7) is 4.25. The molecule has 0 spiro atoms. The third-order valence-electron chi connectivity index (χ3n) is 2.32. The van der Waals surface area contributed by atoms with Crippen LogP contribution in [0.4, 0.5) is 0 Å². The molecule has 1 aliphatic carbocycles. The van der Waals surface area contributed by atoms with Crippen molar-refractivity contribution in [1.29, 1.82) is 0 Å². The minimum Gasteiger partial charge on any atom is -0.390 e. The lowest BCUT2D eigenvalue weighted by atomic mass is 9.75. The lowest BCUT2D eigenvalue weighted by Gasteiger charge is -2.35. The Kier molecular flexibility index (Phi) is 2.02. The van der Waals surface area contributed by atoms with Crippen LogP contribution in [-0.2, 0) is 0 Å². The molecule has 0 aromatic carbocycles. The Labute approximate surface area is 61.9 Å². The highest BCUT2D eigenvalue weighted by atomic mass is 16.3. The van der Waals surface area contributed by atoms with E-state index in [0.29, 0.717) is 0 Å². The lowest BCUT2D eigenvalue weighted by Crippen LogP contribution is -2.37. The summed E-state index contributed by atoms with van der Waals surface area (Å²) < 4.78 is 0. The van der Waals surface area contributed by atoms with Crippen LogP contribution in [0.15, 0.2) is 0 Å². The maximum Gasteiger partial charge on any atom is 0.0804 e. The molecule has 1 saturated carbocycles. The van der Waals surface area contributed by atoms with Crippen molar-refractivity contribution in [3.8, 4) is 0 Å². The summed E-state index contributed by atoms with van der Waals surface area (Å²) in [5, 5.41) is 18.4. The molecule has 0 aliphatic heterocycles. The SMILES string of the molecule is CC1(C)CC[C@@H](O)[C@H](O)C1. The Morgan fingerprint density at radius 3 is 2.20 bits per heavy atom. The molecule has 2 heteroatoms. The summed E-state index contributed by atoms with van der Waals surface area (Å²) >= 11 is 0. The van der Waals surface area contributed by atoms with Gasteiger partial charge in [0.15, 0.2) is 0 Å². The van der Waals surface area contributed by atoms with E-state index in [0.717, 1.165) is 19.3 Å². The zero-order valence-electron chi connectivity index (χ0n) is 6.67. The summed E-state index contributed by atoms with van der Waals surface area (Å²) in [6, 6.07) is 0. The van der Waals surface area contributed by atoms with E-state index in [1.807, 2.05) is 0 Å². The smallest absolute Gasteiger partial charge is 0.0804 e. The number of rotatable bonds is 0. The van der Waals surface area contributed by atoms with Gasteiger partial charge in [-0.15, -0.1) is 0 Å². The fourth-order valence-corrected chi connectivity index (χ4v) is 1.54. The maximum absolute atomic E-state index is 9.26. The van der Waals surface area contributed by atoms with Crippen LogP contribution < -0.4 is 0 Å². The van der Waals surface area contributed by atoms with Crippen molar-refractivity contribution in [2.45, 2.75) is 45.3 Å². The van der Waals surface area contributed by atoms with E-state index >= 15 is 0 Å². The van der Waals surface area contributed by atoms with E-state index in [4.69, 9.17) is 5.11 Å². The second-order valence-corrected chi connectivity index (χ2v) is 4.04. The van der Waals surface area contributed by atoms with Crippen molar-refractivity contribution in [1.82, 2.24) is 0 Å². The minimum atomic E-state index is -0.497. The molecule has 0 unspecified atom stereocenters. The molecule has 0 bridgehead atoms. The standard InChI is InChI=1S/C8H16O2/c1-8(2)4-3-6(9)7(10)5-8/h6-7,9-10H,3-5H2,1-2H3/t6-,7-/m1/s1. The molecule has 0 aromatic rings. The van der Waals surface area contributed by atoms with Crippen LogP contribution in [0, 0.1) is 5.41 Å². The van der Waals surface area contributed by atoms with Gasteiger partial charge in [-0.2, -0.15) is 0 Å². The van der Waals surface area contributed by atoms with Gasteiger partial charge in [0.2, 0.25) is 0 Å². The van der Waals surface area contributed by atoms with Gasteiger partial charge in [-0.1, -0.05) is 13.8 Å². The highest BCUT2D eigenvalue weighted by Crippen LogP contribution is 2.35. The molecule has 0 heterocycles. The molecular formula is C8H16O2. The first-order valence-corrected chi connectivity index (χ1v) is 3.87. The Hall–Kier alpha value is -0.0800. The molecule has 0 aromatic heterocycles. The summed E-state index contributed by atoms with van der Waals surface area (Å²) in [5.41, 5.74) is 0.221. The maximum atomic E-state index is 9.26. The normalized spacial score (nSPS) is 39.6. The van der Waals surface area contributed by atoms with Crippen LogP contribution in [0.25, 0.3) is 0 Å². The van der Waals surface area contributed by atoms with E-state index < -0.39 is 12.2 Å². The van der Waals surface area contributed by atoms with Gasteiger partial charge >= 0.3 is 0 Å². The second-order valence-electron chi connectivity index (χ2n) is 4.04. The Morgan fingerprint density at radius 1 is 1.20 bits per heavy atom. The average molecular weight is 144 g/mol. The topological polar surface area (TPSA) is 40.5 Å². The van der Waals surface area contributed by atoms with Crippen LogP contribution in [0.3, 0.4) is 0 Å². The highest BCUT2D eigenvalue weighted by Gasteiger charge is 2.32. The highest BCUT2D eigenvalue weighted by molar-refractivity contribution is 4.84. The molecule has 1 rings (SSSR count). The van der Waals surface area contributed by atoms with Crippen LogP contribution in [0.2, 0.25) is 0 Å². The summed E-state index contributed by atoms with van der Waals surface area (Å²) in [4.78, 5) is 0. The van der Waals surface area contributed by atoms with Gasteiger partial charge in [0.1, 0.15) is 0 Å². The Balaban J connectivity index is 2.49. The van der Waals surface area contributed by atoms with Crippen molar-refractivity contribution in [3.63, 3.8) is 0 Å². The third kappa shape index (κ3) is 1.70. The number of hydrogen-bond donors (Lipinski definition) is 2. The van der Waals surface area contributed by atoms with Crippen LogP contribution in [0.1, 0.15) is 33.1 Å². The number of hydrogen-bond acceptors (Lipinski definition) is 2. The molecule has 0 saturated heterocycles. The van der Waals surface area contributed by atoms with Gasteiger partial charge in [0.05, 0.1) is 12.2 Å². The first-order chi connectivity index (χ1) is 4.51. The van der Waals surface area contributed by atoms with E-state index in [2.05, 4.69) is 13.8 Å². The first-order valence-electron chi connectivity index (χ1n) is 3.87. The minimum absolute atomic E-state index is 0.221. The predicted octanol–water partition coefficient (Wildman–Crippen LogP) is 0.918. The summed E-state index contributed by atoms with van der Waals surface area (Å²) in [5.74, 6) is 0. The largest absolute Gasteiger partial charge is 0.390 e. The molecule has 1 fully saturated rings. The summed E-state index contributed by atoms with van der Waals surface area (Å²) in [7, 11) is 0. The van der Waals surface area contributed by atoms with Gasteiger partial charge in [-0.05, 0) is 24.7 Å². The Bertz CT molecular complexity index is 120. The number of aliphatic hydroxyl groups excluding tert-OH is 2. The van der Waals surface area contributed by atoms with Gasteiger partial charge in [0, 0.05) is 0 Å². The van der Waals surface area contributed by atoms with Crippen molar-refractivity contribution in [2.24, 2.45) is 5.41 Å². The van der Waals surface area contributed by atoms with Gasteiger partial charge < -0.3 is 10.2 Å². The second kappa shape index (κ2) is 2.51. The first kappa shape index (κ1) is 8.02. The van der Waals surface area contributed by atoms with E-state index in [1.54, 1.807) is 0 Å². The molecule has 2 N–H and O–H groups in total. The Morgan fingerprint density at radius 2 is 1.80 bits per heavy atom. The predicted molar refractivity (Wildman–Crippen MR) is 39.6 cm³/mol. The third-order valence-corrected chi connectivity index (χ3v) is 2.32. The fraction of sp³-hybridized carbons (Fsp3) is 1.00. The lowest BCUT2D eigenvalue weighted by molar-refractivity contribution is -0.0444. The molecule has 60 valence electrons. The van der Waals surface area contributed by atoms with E-state index in [-0.39, 0.29) is 5.41 Å². The van der Waals surface area contributed by atoms with Crippen molar-refractivity contribution < 1.29 is 10.2 Å². The van der Waals surface area contributed by atoms with E-state index in [9.17, 15) is 5.11 Å². The zero-order valence-corrected chi connectivity index (χ0v) is 6.67. The average Bonchev–Trinajstić information content (AvgIpc) is 1.79. The van der Waals surface area contributed by atoms with Crippen LogP contribution >= 0.6 is 0 Å². The van der Waals surface area contributed by atoms with Crippen molar-refractivity contribution in [3.05, 3.63) is 0 Å². The zero-order chi connectivity index (χ0) is 7.78. The molecule has 2 atom stereocenters. The van der Waals surface area contributed by atoms with Gasteiger partial charge in [0.25, 0.3) is 0 Å². The fourth-order valence-electron chi connectivity index (χ4n) is 1.54. The molecule has 0 amide bonds. The molecule has 2 nitrogen and oxygen atoms in total. The van der Waals surface area contributed by atoms with Gasteiger partial charge in [-0.3, -0.25) is 0 Å². The van der Waals surface area contributed by atoms with Crippen LogP contribution in [0.5, 0.6) is 0 Å². The van der Waals surface area contributed by atoms with Crippen molar-refractivity contribution >= 4 is 0 Å². The molecular weight excluding hydrogens is 128 g/mol. The van der Waals surface area contributed by atoms with Crippen LogP contribution in [-0.4, -0.2) is 22.4 Å². The quantitative estimate of drug-likeness (QED) is 0.530. The monoisotopic (exact) mass is 144 g/mol. The molecule has 0 radical (unpaired) electrons. The molecule has 1 aliphatic rings. The van der Waals surface area contributed by atoms with E-state index in [1.165, 1.54) is 0 Å². The summed E-state index contributed by atoms with van der Waals surface area (Å²) in [6.07, 6.45) is 1.52. The number of aliphatic hydroxyl groups is 2. The van der Waals surface area contributed by atoms with Gasteiger partial charge in [-0.25, -0.2) is 0 Å².